The van der Waals surface area contributed by atoms with Gasteiger partial charge in [0.25, 0.3) is 5.56 Å². The van der Waals surface area contributed by atoms with Gasteiger partial charge in [-0.2, -0.15) is 0 Å². The van der Waals surface area contributed by atoms with Crippen LogP contribution in [0, 0.1) is 0 Å². The number of anilines is 1. The molecule has 3 aromatic rings. The summed E-state index contributed by atoms with van der Waals surface area (Å²) in [4.78, 5) is 43.0. The number of rotatable bonds is 8. The number of carboxylic acids is 1. The van der Waals surface area contributed by atoms with Gasteiger partial charge in [-0.25, -0.2) is 14.6 Å². The number of benzene rings is 2. The third-order valence-corrected chi connectivity index (χ3v) is 7.12. The van der Waals surface area contributed by atoms with Gasteiger partial charge in [0, 0.05) is 6.20 Å². The molecule has 1 aliphatic heterocycles. The summed E-state index contributed by atoms with van der Waals surface area (Å²) in [5.74, 6) is -0.773. The molecular weight excluding hydrogens is 534 g/mol. The van der Waals surface area contributed by atoms with Gasteiger partial charge in [0.1, 0.15) is 4.53 Å². The van der Waals surface area contributed by atoms with Gasteiger partial charge >= 0.3 is 11.9 Å². The first-order valence-corrected chi connectivity index (χ1v) is 12.6. The number of nitrogens with zero attached hydrogens (tertiary/aromatic N) is 2. The first-order valence-electron chi connectivity index (χ1n) is 11.4. The first-order chi connectivity index (χ1) is 18.2. The lowest BCUT2D eigenvalue weighted by Gasteiger charge is -2.25. The predicted molar refractivity (Wildman–Crippen MR) is 143 cm³/mol. The monoisotopic (exact) mass is 557 g/mol. The molecular formula is C26H24ClN3O7S. The number of carboxylic acid groups (broad SMARTS) is 1. The molecule has 0 bridgehead atoms. The Morgan fingerprint density at radius 3 is 2.58 bits per heavy atom. The average molecular weight is 558 g/mol. The van der Waals surface area contributed by atoms with E-state index in [1.807, 2.05) is 0 Å². The van der Waals surface area contributed by atoms with Crippen LogP contribution < -0.4 is 29.7 Å². The van der Waals surface area contributed by atoms with E-state index in [0.29, 0.717) is 33.2 Å². The highest BCUT2D eigenvalue weighted by molar-refractivity contribution is 7.07. The lowest BCUT2D eigenvalue weighted by Crippen LogP contribution is -2.40. The summed E-state index contributed by atoms with van der Waals surface area (Å²) in [5, 5.41) is 12.5. The molecule has 1 aliphatic rings. The van der Waals surface area contributed by atoms with E-state index >= 15 is 0 Å². The molecule has 0 unspecified atom stereocenters. The molecule has 0 amide bonds. The van der Waals surface area contributed by atoms with E-state index in [-0.39, 0.29) is 27.3 Å². The Bertz CT molecular complexity index is 1640. The van der Waals surface area contributed by atoms with E-state index in [1.165, 1.54) is 43.2 Å². The molecule has 12 heteroatoms. The number of carbonyl (C=O) groups excluding carboxylic acids is 1. The Kier molecular flexibility index (Phi) is 7.88. The van der Waals surface area contributed by atoms with Crippen molar-refractivity contribution in [1.82, 2.24) is 4.57 Å². The number of esters is 1. The van der Waals surface area contributed by atoms with Crippen LogP contribution in [0.5, 0.6) is 11.5 Å². The number of methoxy groups -OCH3 is 2. The van der Waals surface area contributed by atoms with Crippen LogP contribution in [0.4, 0.5) is 5.69 Å². The van der Waals surface area contributed by atoms with Crippen LogP contribution in [0.15, 0.2) is 57.5 Å². The highest BCUT2D eigenvalue weighted by Crippen LogP contribution is 2.36. The molecule has 1 aromatic heterocycles. The number of aromatic nitrogens is 1. The number of thiazole rings is 1. The van der Waals surface area contributed by atoms with E-state index in [9.17, 15) is 19.5 Å². The molecule has 38 heavy (non-hydrogen) atoms. The van der Waals surface area contributed by atoms with Crippen LogP contribution in [0.3, 0.4) is 0 Å². The molecule has 4 rings (SSSR count). The van der Waals surface area contributed by atoms with Crippen molar-refractivity contribution in [1.29, 1.82) is 0 Å². The molecule has 0 fully saturated rings. The Hall–Kier alpha value is -4.09. The van der Waals surface area contributed by atoms with Gasteiger partial charge in [-0.15, -0.1) is 0 Å². The smallest absolute Gasteiger partial charge is 0.338 e. The van der Waals surface area contributed by atoms with Gasteiger partial charge in [-0.05, 0) is 49.7 Å². The maximum atomic E-state index is 13.7. The normalized spacial score (nSPS) is 15.0. The standard InChI is InChI=1S/C26H24ClN3O7S/c1-5-37-25(34)21-13(2)29-26-30(22(21)14-7-9-18(35-3)19(11-14)36-4)23(31)20(38-26)12-28-17-10-15(24(32)33)6-8-16(17)27/h6-12,22,28H,5H2,1-4H3,(H,32,33)/b20-12-/t22-/m1/s1. The maximum Gasteiger partial charge on any atom is 0.338 e. The quantitative estimate of drug-likeness (QED) is 0.404. The Morgan fingerprint density at radius 1 is 1.18 bits per heavy atom. The van der Waals surface area contributed by atoms with E-state index in [0.717, 1.165) is 11.3 Å². The molecule has 0 aliphatic carbocycles. The van der Waals surface area contributed by atoms with Crippen LogP contribution in [0.1, 0.15) is 35.8 Å². The fourth-order valence-corrected chi connectivity index (χ4v) is 5.18. The Morgan fingerprint density at radius 2 is 1.92 bits per heavy atom. The summed E-state index contributed by atoms with van der Waals surface area (Å²) in [5.41, 5.74) is 1.18. The lowest BCUT2D eigenvalue weighted by molar-refractivity contribution is -0.139. The van der Waals surface area contributed by atoms with E-state index in [2.05, 4.69) is 10.3 Å². The van der Waals surface area contributed by atoms with Crippen molar-refractivity contribution >= 4 is 46.8 Å². The second-order valence-corrected chi connectivity index (χ2v) is 9.48. The fourth-order valence-electron chi connectivity index (χ4n) is 4.04. The summed E-state index contributed by atoms with van der Waals surface area (Å²) >= 11 is 7.32. The van der Waals surface area contributed by atoms with E-state index < -0.39 is 23.5 Å². The summed E-state index contributed by atoms with van der Waals surface area (Å²) in [7, 11) is 3.01. The number of ether oxygens (including phenoxy) is 3. The highest BCUT2D eigenvalue weighted by Gasteiger charge is 2.34. The molecule has 2 heterocycles. The number of halogens is 1. The fraction of sp³-hybridized carbons (Fsp3) is 0.231. The molecule has 0 saturated carbocycles. The van der Waals surface area contributed by atoms with Crippen LogP contribution in [0.2, 0.25) is 5.02 Å². The van der Waals surface area contributed by atoms with E-state index in [1.54, 1.807) is 32.0 Å². The van der Waals surface area contributed by atoms with Crippen molar-refractivity contribution in [2.45, 2.75) is 19.9 Å². The minimum Gasteiger partial charge on any atom is -0.493 e. The molecule has 10 nitrogen and oxygen atoms in total. The average Bonchev–Trinajstić information content (AvgIpc) is 3.21. The topological polar surface area (TPSA) is 128 Å². The second-order valence-electron chi connectivity index (χ2n) is 8.06. The zero-order chi connectivity index (χ0) is 27.6. The SMILES string of the molecule is CCOC(=O)C1=C(C)N=c2s/c(=C\Nc3cc(C(=O)O)ccc3Cl)c(=O)n2[C@@H]1c1ccc(OC)c(OC)c1. The van der Waals surface area contributed by atoms with Crippen LogP contribution in [0.25, 0.3) is 6.20 Å². The van der Waals surface area contributed by atoms with Gasteiger partial charge in [0.05, 0.1) is 54.4 Å². The first kappa shape index (κ1) is 27.0. The van der Waals surface area contributed by atoms with Crippen molar-refractivity contribution in [3.8, 4) is 11.5 Å². The maximum absolute atomic E-state index is 13.7. The summed E-state index contributed by atoms with van der Waals surface area (Å²) in [6, 6.07) is 8.51. The molecule has 0 saturated heterocycles. The molecule has 0 spiro atoms. The number of allylic oxidation sites excluding steroid dienone is 1. The van der Waals surface area contributed by atoms with Gasteiger partial charge in [0.2, 0.25) is 0 Å². The number of aromatic carboxylic acids is 1. The van der Waals surface area contributed by atoms with Crippen LogP contribution in [-0.4, -0.2) is 42.4 Å². The summed E-state index contributed by atoms with van der Waals surface area (Å²) < 4.78 is 17.8. The lowest BCUT2D eigenvalue weighted by atomic mass is 9.95. The molecule has 2 N–H and O–H groups in total. The van der Waals surface area contributed by atoms with Gasteiger partial charge in [-0.1, -0.05) is 29.0 Å². The number of carbonyl (C=O) groups is 2. The Labute approximate surface area is 226 Å². The zero-order valence-corrected chi connectivity index (χ0v) is 22.5. The highest BCUT2D eigenvalue weighted by atomic mass is 35.5. The number of hydrogen-bond donors (Lipinski definition) is 2. The van der Waals surface area contributed by atoms with Crippen molar-refractivity contribution < 1.29 is 28.9 Å². The minimum atomic E-state index is -1.11. The van der Waals surface area contributed by atoms with Crippen molar-refractivity contribution in [2.24, 2.45) is 4.99 Å². The van der Waals surface area contributed by atoms with Gasteiger partial charge in [-0.3, -0.25) is 9.36 Å². The van der Waals surface area contributed by atoms with E-state index in [4.69, 9.17) is 25.8 Å². The van der Waals surface area contributed by atoms with Crippen LogP contribution >= 0.6 is 22.9 Å². The van der Waals surface area contributed by atoms with Gasteiger partial charge in [0.15, 0.2) is 16.3 Å². The number of fused-ring (bicyclic) bond motifs is 1. The predicted octanol–water partition coefficient (Wildman–Crippen LogP) is 3.19. The summed E-state index contributed by atoms with van der Waals surface area (Å²) in [6.07, 6.45) is 1.44. The van der Waals surface area contributed by atoms with Crippen molar-refractivity contribution in [3.05, 3.63) is 83.5 Å². The zero-order valence-electron chi connectivity index (χ0n) is 20.9. The largest absolute Gasteiger partial charge is 0.493 e. The third kappa shape index (κ3) is 5.02. The van der Waals surface area contributed by atoms with Crippen molar-refractivity contribution in [3.63, 3.8) is 0 Å². The van der Waals surface area contributed by atoms with Crippen LogP contribution in [-0.2, 0) is 9.53 Å². The molecule has 0 radical (unpaired) electrons. The number of hydrogen-bond acceptors (Lipinski definition) is 9. The van der Waals surface area contributed by atoms with Crippen molar-refractivity contribution in [2.75, 3.05) is 26.1 Å². The summed E-state index contributed by atoms with van der Waals surface area (Å²) in [6.45, 7) is 3.54. The molecule has 198 valence electrons. The third-order valence-electron chi connectivity index (χ3n) is 5.81. The number of nitrogens with one attached hydrogen (secondary N) is 1. The second kappa shape index (κ2) is 11.1. The molecule has 2 aromatic carbocycles. The van der Waals surface area contributed by atoms with Gasteiger partial charge < -0.3 is 24.6 Å². The minimum absolute atomic E-state index is 0.0370. The Balaban J connectivity index is 1.88. The molecule has 1 atom stereocenters.